The number of carbonyl (C=O) groups excluding carboxylic acids is 1. The summed E-state index contributed by atoms with van der Waals surface area (Å²) < 4.78 is 11.1. The number of aromatic nitrogens is 2. The quantitative estimate of drug-likeness (QED) is 0.845. The topological polar surface area (TPSA) is 93.2 Å². The molecule has 1 saturated heterocycles. The summed E-state index contributed by atoms with van der Waals surface area (Å²) in [6.07, 6.45) is 2.43. The third-order valence-electron chi connectivity index (χ3n) is 3.28. The molecule has 0 radical (unpaired) electrons. The Kier molecular flexibility index (Phi) is 4.35. The summed E-state index contributed by atoms with van der Waals surface area (Å²) in [6, 6.07) is 3.45. The monoisotopic (exact) mass is 354 g/mol. The fourth-order valence-corrected chi connectivity index (χ4v) is 2.52. The average molecular weight is 355 g/mol. The molecule has 2 aromatic heterocycles. The molecule has 7 nitrogen and oxygen atoms in total. The number of carbonyl (C=O) groups is 1. The van der Waals surface area contributed by atoms with Crippen molar-refractivity contribution in [1.29, 1.82) is 0 Å². The van der Waals surface area contributed by atoms with Crippen molar-refractivity contribution in [2.75, 3.05) is 13.1 Å². The number of halogens is 1. The highest BCUT2D eigenvalue weighted by Gasteiger charge is 2.21. The fraction of sp³-hybridized carbons (Fsp3) is 0.462. The third kappa shape index (κ3) is 3.51. The molecule has 0 spiro atoms. The van der Waals surface area contributed by atoms with E-state index in [0.29, 0.717) is 35.1 Å². The zero-order chi connectivity index (χ0) is 14.7. The molecule has 0 aliphatic carbocycles. The lowest BCUT2D eigenvalue weighted by Crippen LogP contribution is -2.41. The van der Waals surface area contributed by atoms with E-state index in [1.165, 1.54) is 0 Å². The Morgan fingerprint density at radius 2 is 2.43 bits per heavy atom. The van der Waals surface area contributed by atoms with Gasteiger partial charge in [-0.3, -0.25) is 4.79 Å². The standard InChI is InChI=1S/C13H15BrN4O3/c14-10-4-3-9(20-10)12-17-11(21-18-12)5-7-16-13(19)8-2-1-6-15-8/h3-4,8,15H,1-2,5-7H2,(H,16,19). The zero-order valence-electron chi connectivity index (χ0n) is 11.3. The Labute approximate surface area is 129 Å². The van der Waals surface area contributed by atoms with Crippen molar-refractivity contribution < 1.29 is 13.7 Å². The molecule has 3 heterocycles. The fourth-order valence-electron chi connectivity index (χ4n) is 2.22. The largest absolute Gasteiger partial charge is 0.446 e. The smallest absolute Gasteiger partial charge is 0.238 e. The van der Waals surface area contributed by atoms with Crippen molar-refractivity contribution in [1.82, 2.24) is 20.8 Å². The Morgan fingerprint density at radius 3 is 3.14 bits per heavy atom. The van der Waals surface area contributed by atoms with Crippen molar-refractivity contribution in [3.63, 3.8) is 0 Å². The van der Waals surface area contributed by atoms with E-state index in [-0.39, 0.29) is 11.9 Å². The van der Waals surface area contributed by atoms with E-state index in [2.05, 4.69) is 36.7 Å². The van der Waals surface area contributed by atoms with Crippen molar-refractivity contribution in [3.05, 3.63) is 22.7 Å². The maximum Gasteiger partial charge on any atom is 0.238 e. The number of amides is 1. The van der Waals surface area contributed by atoms with Gasteiger partial charge >= 0.3 is 0 Å². The second-order valence-electron chi connectivity index (χ2n) is 4.81. The van der Waals surface area contributed by atoms with Crippen LogP contribution in [-0.4, -0.2) is 35.2 Å². The van der Waals surface area contributed by atoms with Crippen LogP contribution >= 0.6 is 15.9 Å². The second kappa shape index (κ2) is 6.40. The van der Waals surface area contributed by atoms with Gasteiger partial charge < -0.3 is 19.6 Å². The molecule has 2 N–H and O–H groups in total. The molecule has 2 aromatic rings. The minimum Gasteiger partial charge on any atom is -0.446 e. The van der Waals surface area contributed by atoms with Gasteiger partial charge in [0.25, 0.3) is 0 Å². The minimum atomic E-state index is -0.0660. The van der Waals surface area contributed by atoms with Gasteiger partial charge in [-0.15, -0.1) is 0 Å². The van der Waals surface area contributed by atoms with Gasteiger partial charge in [-0.05, 0) is 47.4 Å². The van der Waals surface area contributed by atoms with Gasteiger partial charge in [-0.2, -0.15) is 4.98 Å². The van der Waals surface area contributed by atoms with Gasteiger partial charge in [-0.25, -0.2) is 0 Å². The van der Waals surface area contributed by atoms with Crippen LogP contribution in [0.1, 0.15) is 18.7 Å². The second-order valence-corrected chi connectivity index (χ2v) is 5.59. The third-order valence-corrected chi connectivity index (χ3v) is 3.70. The molecule has 112 valence electrons. The maximum absolute atomic E-state index is 11.8. The number of rotatable bonds is 5. The average Bonchev–Trinajstić information content (AvgIpc) is 3.19. The van der Waals surface area contributed by atoms with E-state index in [9.17, 15) is 4.79 Å². The molecule has 1 unspecified atom stereocenters. The van der Waals surface area contributed by atoms with Crippen molar-refractivity contribution in [2.45, 2.75) is 25.3 Å². The van der Waals surface area contributed by atoms with Crippen LogP contribution in [0.4, 0.5) is 0 Å². The molecular formula is C13H15BrN4O3. The molecule has 0 bridgehead atoms. The molecule has 8 heteroatoms. The first-order valence-corrected chi connectivity index (χ1v) is 7.61. The lowest BCUT2D eigenvalue weighted by Gasteiger charge is -2.09. The van der Waals surface area contributed by atoms with E-state index in [1.807, 2.05) is 0 Å². The highest BCUT2D eigenvalue weighted by atomic mass is 79.9. The molecular weight excluding hydrogens is 340 g/mol. The first-order valence-electron chi connectivity index (χ1n) is 6.82. The van der Waals surface area contributed by atoms with Crippen LogP contribution < -0.4 is 10.6 Å². The van der Waals surface area contributed by atoms with E-state index in [4.69, 9.17) is 8.94 Å². The van der Waals surface area contributed by atoms with Gasteiger partial charge in [0.05, 0.1) is 6.04 Å². The summed E-state index contributed by atoms with van der Waals surface area (Å²) in [7, 11) is 0. The number of hydrogen-bond acceptors (Lipinski definition) is 6. The molecule has 0 aromatic carbocycles. The lowest BCUT2D eigenvalue weighted by molar-refractivity contribution is -0.122. The Hall–Kier alpha value is -1.67. The van der Waals surface area contributed by atoms with Gasteiger partial charge in [-0.1, -0.05) is 5.16 Å². The highest BCUT2D eigenvalue weighted by molar-refractivity contribution is 9.10. The van der Waals surface area contributed by atoms with E-state index in [0.717, 1.165) is 19.4 Å². The summed E-state index contributed by atoms with van der Waals surface area (Å²) >= 11 is 3.22. The van der Waals surface area contributed by atoms with Crippen LogP contribution in [0.25, 0.3) is 11.6 Å². The minimum absolute atomic E-state index is 0.0298. The predicted octanol–water partition coefficient (Wildman–Crippen LogP) is 1.50. The maximum atomic E-state index is 11.8. The summed E-state index contributed by atoms with van der Waals surface area (Å²) in [6.45, 7) is 1.38. The van der Waals surface area contributed by atoms with Gasteiger partial charge in [0, 0.05) is 13.0 Å². The normalized spacial score (nSPS) is 18.0. The molecule has 3 rings (SSSR count). The van der Waals surface area contributed by atoms with Crippen LogP contribution in [-0.2, 0) is 11.2 Å². The van der Waals surface area contributed by atoms with Crippen molar-refractivity contribution >= 4 is 21.8 Å². The molecule has 0 saturated carbocycles. The zero-order valence-corrected chi connectivity index (χ0v) is 12.9. The van der Waals surface area contributed by atoms with Crippen LogP contribution in [0.2, 0.25) is 0 Å². The van der Waals surface area contributed by atoms with Crippen molar-refractivity contribution in [2.24, 2.45) is 0 Å². The van der Waals surface area contributed by atoms with Gasteiger partial charge in [0.15, 0.2) is 10.4 Å². The molecule has 1 fully saturated rings. The van der Waals surface area contributed by atoms with Gasteiger partial charge in [0.2, 0.25) is 17.6 Å². The number of nitrogens with one attached hydrogen (secondary N) is 2. The van der Waals surface area contributed by atoms with E-state index < -0.39 is 0 Å². The van der Waals surface area contributed by atoms with Gasteiger partial charge in [0.1, 0.15) is 0 Å². The van der Waals surface area contributed by atoms with Crippen LogP contribution in [0.15, 0.2) is 25.7 Å². The van der Waals surface area contributed by atoms with Crippen LogP contribution in [0, 0.1) is 0 Å². The van der Waals surface area contributed by atoms with Crippen molar-refractivity contribution in [3.8, 4) is 11.6 Å². The van der Waals surface area contributed by atoms with E-state index >= 15 is 0 Å². The van der Waals surface area contributed by atoms with E-state index in [1.54, 1.807) is 12.1 Å². The number of nitrogens with zero attached hydrogens (tertiary/aromatic N) is 2. The molecule has 1 amide bonds. The molecule has 21 heavy (non-hydrogen) atoms. The number of hydrogen-bond donors (Lipinski definition) is 2. The lowest BCUT2D eigenvalue weighted by atomic mass is 10.2. The Balaban J connectivity index is 1.49. The van der Waals surface area contributed by atoms with Crippen LogP contribution in [0.3, 0.4) is 0 Å². The predicted molar refractivity (Wildman–Crippen MR) is 77.4 cm³/mol. The van der Waals surface area contributed by atoms with Crippen LogP contribution in [0.5, 0.6) is 0 Å². The Morgan fingerprint density at radius 1 is 1.52 bits per heavy atom. The first kappa shape index (κ1) is 14.3. The molecule has 1 aliphatic rings. The summed E-state index contributed by atoms with van der Waals surface area (Å²) in [5.74, 6) is 1.44. The SMILES string of the molecule is O=C(NCCc1nc(-c2ccc(Br)o2)no1)C1CCCN1. The Bertz CT molecular complexity index is 618. The molecule has 1 aliphatic heterocycles. The summed E-state index contributed by atoms with van der Waals surface area (Å²) in [5, 5.41) is 9.87. The summed E-state index contributed by atoms with van der Waals surface area (Å²) in [4.78, 5) is 16.0. The molecule has 1 atom stereocenters. The number of furan rings is 1. The first-order chi connectivity index (χ1) is 10.2. The summed E-state index contributed by atoms with van der Waals surface area (Å²) in [5.41, 5.74) is 0. The highest BCUT2D eigenvalue weighted by Crippen LogP contribution is 2.22.